The molecular weight excluding hydrogens is 327 g/mol. The molecule has 0 radical (unpaired) electrons. The third-order valence-electron chi connectivity index (χ3n) is 2.99. The van der Waals surface area contributed by atoms with E-state index in [9.17, 15) is 17.6 Å². The maximum atomic E-state index is 13.5. The third kappa shape index (κ3) is 3.52. The third-order valence-corrected chi connectivity index (χ3v) is 5.65. The van der Waals surface area contributed by atoms with Crippen molar-refractivity contribution in [3.63, 3.8) is 0 Å². The Hall–Kier alpha value is -1.77. The van der Waals surface area contributed by atoms with Gasteiger partial charge in [0, 0.05) is 4.88 Å². The molecule has 0 fully saturated rings. The van der Waals surface area contributed by atoms with Crippen LogP contribution in [0.25, 0.3) is 0 Å². The molecule has 0 saturated heterocycles. The number of carbonyl (C=O) groups excluding carboxylic acids is 1. The van der Waals surface area contributed by atoms with E-state index in [-0.39, 0.29) is 0 Å². The summed E-state index contributed by atoms with van der Waals surface area (Å²) in [7, 11) is -4.16. The normalized spacial score (nSPS) is 11.4. The molecule has 1 aromatic carbocycles. The molecule has 0 aliphatic rings. The molecule has 0 spiro atoms. The molecule has 8 heteroatoms. The number of amides is 1. The minimum Gasteiger partial charge on any atom is -0.273 e. The molecule has 2 rings (SSSR count). The topological polar surface area (TPSA) is 75.3 Å². The minimum atomic E-state index is -4.16. The van der Waals surface area contributed by atoms with Gasteiger partial charge in [0.05, 0.1) is 4.88 Å². The van der Waals surface area contributed by atoms with E-state index in [4.69, 9.17) is 0 Å². The Kier molecular flexibility index (Phi) is 4.94. The number of hydrogen-bond acceptors (Lipinski definition) is 4. The van der Waals surface area contributed by atoms with Crippen LogP contribution in [0.3, 0.4) is 0 Å². The zero-order valence-corrected chi connectivity index (χ0v) is 13.6. The maximum Gasteiger partial charge on any atom is 0.276 e. The largest absolute Gasteiger partial charge is 0.276 e. The van der Waals surface area contributed by atoms with Gasteiger partial charge >= 0.3 is 0 Å². The summed E-state index contributed by atoms with van der Waals surface area (Å²) in [6, 6.07) is 6.63. The number of carbonyl (C=O) groups is 1. The first-order valence-corrected chi connectivity index (χ1v) is 8.81. The summed E-state index contributed by atoms with van der Waals surface area (Å²) < 4.78 is 37.4. The van der Waals surface area contributed by atoms with Gasteiger partial charge < -0.3 is 0 Å². The molecule has 1 heterocycles. The fourth-order valence-corrected chi connectivity index (χ4v) is 3.80. The molecule has 0 aliphatic carbocycles. The van der Waals surface area contributed by atoms with Gasteiger partial charge in [-0.2, -0.15) is 0 Å². The van der Waals surface area contributed by atoms with E-state index in [1.165, 1.54) is 23.5 Å². The van der Waals surface area contributed by atoms with E-state index in [2.05, 4.69) is 5.43 Å². The van der Waals surface area contributed by atoms with Crippen molar-refractivity contribution in [1.82, 2.24) is 10.3 Å². The molecule has 2 N–H and O–H groups in total. The van der Waals surface area contributed by atoms with E-state index in [0.717, 1.165) is 29.0 Å². The van der Waals surface area contributed by atoms with Crippen LogP contribution in [0.4, 0.5) is 4.39 Å². The second-order valence-corrected chi connectivity index (χ2v) is 7.35. The summed E-state index contributed by atoms with van der Waals surface area (Å²) in [6.45, 7) is 3.86. The predicted molar refractivity (Wildman–Crippen MR) is 82.6 cm³/mol. The molecule has 5 nitrogen and oxygen atoms in total. The lowest BCUT2D eigenvalue weighted by molar-refractivity contribution is 0.0949. The van der Waals surface area contributed by atoms with Gasteiger partial charge in [0.25, 0.3) is 15.9 Å². The summed E-state index contributed by atoms with van der Waals surface area (Å²) >= 11 is 1.30. The van der Waals surface area contributed by atoms with Crippen molar-refractivity contribution in [2.45, 2.75) is 25.2 Å². The van der Waals surface area contributed by atoms with Gasteiger partial charge in [0.1, 0.15) is 10.7 Å². The number of sulfonamides is 1. The Labute approximate surface area is 132 Å². The van der Waals surface area contributed by atoms with E-state index in [1.807, 2.05) is 18.7 Å². The highest BCUT2D eigenvalue weighted by atomic mass is 32.2. The lowest BCUT2D eigenvalue weighted by Crippen LogP contribution is -2.41. The maximum absolute atomic E-state index is 13.5. The van der Waals surface area contributed by atoms with Gasteiger partial charge in [-0.15, -0.1) is 16.2 Å². The van der Waals surface area contributed by atoms with Crippen LogP contribution in [0.15, 0.2) is 35.2 Å². The van der Waals surface area contributed by atoms with Crippen LogP contribution in [0.1, 0.15) is 27.0 Å². The molecule has 118 valence electrons. The van der Waals surface area contributed by atoms with Crippen LogP contribution in [-0.2, 0) is 16.4 Å². The highest BCUT2D eigenvalue weighted by Crippen LogP contribution is 2.22. The molecule has 1 aromatic heterocycles. The van der Waals surface area contributed by atoms with E-state index < -0.39 is 26.6 Å². The van der Waals surface area contributed by atoms with E-state index >= 15 is 0 Å². The number of benzene rings is 1. The van der Waals surface area contributed by atoms with Crippen molar-refractivity contribution in [3.05, 3.63) is 51.5 Å². The average molecular weight is 342 g/mol. The highest BCUT2D eigenvalue weighted by Gasteiger charge is 2.20. The highest BCUT2D eigenvalue weighted by molar-refractivity contribution is 7.89. The molecular formula is C14H15FN2O3S2. The molecule has 2 aromatic rings. The standard InChI is InChI=1S/C14H15FN2O3S2/c1-3-11-9(2)8-12(21-11)14(18)16-17-22(19,20)13-7-5-4-6-10(13)15/h4-8,17H,3H2,1-2H3,(H,16,18). The molecule has 0 saturated carbocycles. The first-order chi connectivity index (χ1) is 10.3. The van der Waals surface area contributed by atoms with Crippen LogP contribution in [-0.4, -0.2) is 14.3 Å². The number of thiophene rings is 1. The first-order valence-electron chi connectivity index (χ1n) is 6.51. The van der Waals surface area contributed by atoms with E-state index in [1.54, 1.807) is 6.07 Å². The van der Waals surface area contributed by atoms with Gasteiger partial charge in [0.2, 0.25) is 0 Å². The minimum absolute atomic E-state index is 0.394. The number of rotatable bonds is 5. The van der Waals surface area contributed by atoms with Crippen molar-refractivity contribution in [2.75, 3.05) is 0 Å². The van der Waals surface area contributed by atoms with Gasteiger partial charge in [-0.25, -0.2) is 12.8 Å². The predicted octanol–water partition coefficient (Wildman–Crippen LogP) is 2.38. The number of halogens is 1. The van der Waals surface area contributed by atoms with Gasteiger partial charge in [0.15, 0.2) is 0 Å². The summed E-state index contributed by atoms with van der Waals surface area (Å²) in [5.74, 6) is -1.46. The van der Waals surface area contributed by atoms with Crippen molar-refractivity contribution in [3.8, 4) is 0 Å². The second-order valence-electron chi connectivity index (χ2n) is 4.56. The lowest BCUT2D eigenvalue weighted by atomic mass is 10.2. The molecule has 0 aliphatic heterocycles. The van der Waals surface area contributed by atoms with Crippen molar-refractivity contribution < 1.29 is 17.6 Å². The fourth-order valence-electron chi connectivity index (χ4n) is 1.88. The summed E-state index contributed by atoms with van der Waals surface area (Å²) in [4.78, 5) is 14.8. The Morgan fingerprint density at radius 1 is 1.32 bits per heavy atom. The molecule has 0 bridgehead atoms. The van der Waals surface area contributed by atoms with Crippen LogP contribution in [0.2, 0.25) is 0 Å². The van der Waals surface area contributed by atoms with Crippen molar-refractivity contribution >= 4 is 27.3 Å². The van der Waals surface area contributed by atoms with Crippen LogP contribution < -0.4 is 10.3 Å². The Morgan fingerprint density at radius 2 is 2.00 bits per heavy atom. The first kappa shape index (κ1) is 16.6. The molecule has 1 amide bonds. The van der Waals surface area contributed by atoms with Crippen LogP contribution in [0.5, 0.6) is 0 Å². The molecule has 0 atom stereocenters. The number of aryl methyl sites for hydroxylation is 2. The van der Waals surface area contributed by atoms with Crippen LogP contribution in [0, 0.1) is 12.7 Å². The summed E-state index contributed by atoms with van der Waals surface area (Å²) in [5, 5.41) is 0. The zero-order valence-electron chi connectivity index (χ0n) is 12.0. The number of hydrazine groups is 1. The zero-order chi connectivity index (χ0) is 16.3. The fraction of sp³-hybridized carbons (Fsp3) is 0.214. The summed E-state index contributed by atoms with van der Waals surface area (Å²) in [5.41, 5.74) is 3.08. The average Bonchev–Trinajstić information content (AvgIpc) is 2.86. The number of nitrogens with one attached hydrogen (secondary N) is 2. The smallest absolute Gasteiger partial charge is 0.273 e. The summed E-state index contributed by atoms with van der Waals surface area (Å²) in [6.07, 6.45) is 0.796. The Balaban J connectivity index is 2.12. The monoisotopic (exact) mass is 342 g/mol. The van der Waals surface area contributed by atoms with E-state index in [0.29, 0.717) is 4.88 Å². The van der Waals surface area contributed by atoms with Crippen molar-refractivity contribution in [2.24, 2.45) is 0 Å². The Bertz CT molecular complexity index is 800. The molecule has 22 heavy (non-hydrogen) atoms. The van der Waals surface area contributed by atoms with Gasteiger partial charge in [-0.05, 0) is 37.1 Å². The Morgan fingerprint density at radius 3 is 2.59 bits per heavy atom. The van der Waals surface area contributed by atoms with Gasteiger partial charge in [-0.3, -0.25) is 10.2 Å². The quantitative estimate of drug-likeness (QED) is 0.819. The lowest BCUT2D eigenvalue weighted by Gasteiger charge is -2.08. The van der Waals surface area contributed by atoms with Crippen molar-refractivity contribution in [1.29, 1.82) is 0 Å². The number of hydrogen-bond donors (Lipinski definition) is 2. The molecule has 0 unspecified atom stereocenters. The second kappa shape index (κ2) is 6.55. The van der Waals surface area contributed by atoms with Crippen LogP contribution >= 0.6 is 11.3 Å². The van der Waals surface area contributed by atoms with Gasteiger partial charge in [-0.1, -0.05) is 19.1 Å². The SMILES string of the molecule is CCc1sc(C(=O)NNS(=O)(=O)c2ccccc2F)cc1C.